The Kier molecular flexibility index (Phi) is 3.09. The lowest BCUT2D eigenvalue weighted by Gasteiger charge is -2.05. The highest BCUT2D eigenvalue weighted by Crippen LogP contribution is 2.09. The van der Waals surface area contributed by atoms with Crippen LogP contribution < -0.4 is 0 Å². The summed E-state index contributed by atoms with van der Waals surface area (Å²) in [4.78, 5) is 0. The van der Waals surface area contributed by atoms with Crippen LogP contribution in [-0.4, -0.2) is 0 Å². The van der Waals surface area contributed by atoms with Gasteiger partial charge in [-0.15, -0.1) is 0 Å². The quantitative estimate of drug-likeness (QED) is 0.433. The van der Waals surface area contributed by atoms with Gasteiger partial charge in [-0.2, -0.15) is 0 Å². The molecule has 0 heterocycles. The van der Waals surface area contributed by atoms with Gasteiger partial charge in [0.1, 0.15) is 0 Å². The molecule has 0 fully saturated rings. The van der Waals surface area contributed by atoms with Crippen molar-refractivity contribution in [3.8, 4) is 11.8 Å². The largest absolute Gasteiger partial charge is 0.0926 e. The summed E-state index contributed by atoms with van der Waals surface area (Å²) in [6, 6.07) is 0. The van der Waals surface area contributed by atoms with Crippen molar-refractivity contribution in [2.75, 3.05) is 0 Å². The summed E-state index contributed by atoms with van der Waals surface area (Å²) in [5.74, 6) is 6.03. The lowest BCUT2D eigenvalue weighted by Crippen LogP contribution is -1.98. The van der Waals surface area contributed by atoms with Crippen molar-refractivity contribution >= 4 is 0 Å². The van der Waals surface area contributed by atoms with Crippen LogP contribution in [0.5, 0.6) is 0 Å². The monoisotopic (exact) mass is 122 g/mol. The summed E-state index contributed by atoms with van der Waals surface area (Å²) in [5.41, 5.74) is 0.138. The van der Waals surface area contributed by atoms with E-state index in [2.05, 4.69) is 32.6 Å². The molecule has 0 rings (SSSR count). The molecule has 0 atom stereocenters. The fourth-order valence-corrected chi connectivity index (χ4v) is 0.342. The maximum atomic E-state index is 3.09. The molecule has 0 saturated heterocycles. The van der Waals surface area contributed by atoms with Crippen LogP contribution in [0.15, 0.2) is 12.2 Å². The number of hydrogen-bond acceptors (Lipinski definition) is 0. The van der Waals surface area contributed by atoms with Crippen LogP contribution in [0.2, 0.25) is 0 Å². The molecule has 0 nitrogen and oxygen atoms in total. The van der Waals surface area contributed by atoms with Gasteiger partial charge in [0.25, 0.3) is 0 Å². The second-order valence-corrected chi connectivity index (χ2v) is 3.02. The van der Waals surface area contributed by atoms with E-state index in [9.17, 15) is 0 Å². The average molecular weight is 122 g/mol. The minimum absolute atomic E-state index is 0.138. The Morgan fingerprint density at radius 3 is 2.11 bits per heavy atom. The molecule has 0 spiro atoms. The van der Waals surface area contributed by atoms with Crippen molar-refractivity contribution in [3.05, 3.63) is 12.2 Å². The Labute approximate surface area is 58.0 Å². The van der Waals surface area contributed by atoms with Gasteiger partial charge in [-0.25, -0.2) is 0 Å². The van der Waals surface area contributed by atoms with E-state index in [0.717, 1.165) is 0 Å². The molecule has 0 aliphatic rings. The number of allylic oxidation sites excluding steroid dienone is 2. The maximum Gasteiger partial charge on any atom is 0.0233 e. The van der Waals surface area contributed by atoms with Crippen LogP contribution in [-0.2, 0) is 0 Å². The van der Waals surface area contributed by atoms with Crippen molar-refractivity contribution in [1.29, 1.82) is 0 Å². The lowest BCUT2D eigenvalue weighted by molar-refractivity contribution is 0.571. The average Bonchev–Trinajstić information content (AvgIpc) is 1.63. The molecule has 0 aliphatic carbocycles. The summed E-state index contributed by atoms with van der Waals surface area (Å²) in [5, 5.41) is 0. The molecule has 0 N–H and O–H groups in total. The lowest BCUT2D eigenvalue weighted by atomic mass is 9.98. The Balaban J connectivity index is 3.88. The predicted molar refractivity (Wildman–Crippen MR) is 42.0 cm³/mol. The molecule has 0 amide bonds. The van der Waals surface area contributed by atoms with E-state index in [0.29, 0.717) is 0 Å². The van der Waals surface area contributed by atoms with Gasteiger partial charge in [0.15, 0.2) is 0 Å². The first-order valence-electron chi connectivity index (χ1n) is 3.20. The zero-order valence-corrected chi connectivity index (χ0v) is 6.65. The predicted octanol–water partition coefficient (Wildman–Crippen LogP) is 2.61. The van der Waals surface area contributed by atoms with Gasteiger partial charge in [0.05, 0.1) is 0 Å². The fraction of sp³-hybridized carbons (Fsp3) is 0.556. The summed E-state index contributed by atoms with van der Waals surface area (Å²) in [6.45, 7) is 8.27. The van der Waals surface area contributed by atoms with Crippen molar-refractivity contribution in [1.82, 2.24) is 0 Å². The molecule has 9 heavy (non-hydrogen) atoms. The van der Waals surface area contributed by atoms with Crippen LogP contribution in [0, 0.1) is 17.3 Å². The number of hydrogen-bond donors (Lipinski definition) is 0. The van der Waals surface area contributed by atoms with Gasteiger partial charge in [-0.1, -0.05) is 17.9 Å². The first-order chi connectivity index (χ1) is 4.06. The van der Waals surface area contributed by atoms with E-state index >= 15 is 0 Å². The molecular formula is C9H14. The third-order valence-corrected chi connectivity index (χ3v) is 0.697. The van der Waals surface area contributed by atoms with E-state index in [1.54, 1.807) is 0 Å². The van der Waals surface area contributed by atoms with Crippen molar-refractivity contribution in [2.45, 2.75) is 27.7 Å². The van der Waals surface area contributed by atoms with Crippen LogP contribution in [0.25, 0.3) is 0 Å². The van der Waals surface area contributed by atoms with Gasteiger partial charge in [-0.3, -0.25) is 0 Å². The third-order valence-electron chi connectivity index (χ3n) is 0.697. The molecule has 0 aromatic rings. The summed E-state index contributed by atoms with van der Waals surface area (Å²) in [7, 11) is 0. The maximum absolute atomic E-state index is 3.09. The first-order valence-corrected chi connectivity index (χ1v) is 3.20. The van der Waals surface area contributed by atoms with Crippen LogP contribution >= 0.6 is 0 Å². The van der Waals surface area contributed by atoms with Crippen molar-refractivity contribution < 1.29 is 0 Å². The highest BCUT2D eigenvalue weighted by molar-refractivity contribution is 5.18. The van der Waals surface area contributed by atoms with Crippen molar-refractivity contribution in [2.24, 2.45) is 5.41 Å². The van der Waals surface area contributed by atoms with Crippen LogP contribution in [0.4, 0.5) is 0 Å². The topological polar surface area (TPSA) is 0 Å². The Morgan fingerprint density at radius 1 is 1.22 bits per heavy atom. The summed E-state index contributed by atoms with van der Waals surface area (Å²) < 4.78 is 0. The van der Waals surface area contributed by atoms with E-state index in [1.165, 1.54) is 0 Å². The Morgan fingerprint density at radius 2 is 1.78 bits per heavy atom. The van der Waals surface area contributed by atoms with Crippen LogP contribution in [0.1, 0.15) is 27.7 Å². The number of rotatable bonds is 0. The second-order valence-electron chi connectivity index (χ2n) is 3.02. The van der Waals surface area contributed by atoms with E-state index < -0.39 is 0 Å². The van der Waals surface area contributed by atoms with E-state index in [4.69, 9.17) is 0 Å². The molecule has 0 radical (unpaired) electrons. The molecule has 0 bridgehead atoms. The Bertz CT molecular complexity index is 145. The van der Waals surface area contributed by atoms with Gasteiger partial charge in [-0.05, 0) is 33.8 Å². The zero-order chi connectivity index (χ0) is 7.33. The third kappa shape index (κ3) is 7.30. The molecule has 0 aromatic carbocycles. The fourth-order valence-electron chi connectivity index (χ4n) is 0.342. The molecule has 0 unspecified atom stereocenters. The highest BCUT2D eigenvalue weighted by Gasteiger charge is 2.01. The second kappa shape index (κ2) is 3.35. The molecule has 0 aliphatic heterocycles. The van der Waals surface area contributed by atoms with Gasteiger partial charge >= 0.3 is 0 Å². The molecule has 50 valence electrons. The minimum Gasteiger partial charge on any atom is -0.0926 e. The standard InChI is InChI=1S/C9H14/c1-5-6-7-8-9(2,3)4/h5-6H,1-4H3/b6-5+. The smallest absolute Gasteiger partial charge is 0.0233 e. The van der Waals surface area contributed by atoms with Gasteiger partial charge in [0.2, 0.25) is 0 Å². The Hall–Kier alpha value is -0.700. The minimum atomic E-state index is 0.138. The SMILES string of the molecule is C/C=C/C#CC(C)(C)C. The van der Waals surface area contributed by atoms with E-state index in [-0.39, 0.29) is 5.41 Å². The highest BCUT2D eigenvalue weighted by atomic mass is 14.0. The summed E-state index contributed by atoms with van der Waals surface area (Å²) in [6.07, 6.45) is 3.81. The van der Waals surface area contributed by atoms with Crippen LogP contribution in [0.3, 0.4) is 0 Å². The summed E-state index contributed by atoms with van der Waals surface area (Å²) >= 11 is 0. The molecule has 0 aromatic heterocycles. The molecule has 0 heteroatoms. The zero-order valence-electron chi connectivity index (χ0n) is 6.65. The normalized spacial score (nSPS) is 11.1. The van der Waals surface area contributed by atoms with Crippen molar-refractivity contribution in [3.63, 3.8) is 0 Å². The molecule has 0 saturated carbocycles. The van der Waals surface area contributed by atoms with E-state index in [1.807, 2.05) is 19.1 Å². The van der Waals surface area contributed by atoms with Gasteiger partial charge < -0.3 is 0 Å². The first kappa shape index (κ1) is 8.30. The molecular weight excluding hydrogens is 108 g/mol. The van der Waals surface area contributed by atoms with Gasteiger partial charge in [0, 0.05) is 5.41 Å².